The number of benzene rings is 1. The second kappa shape index (κ2) is 7.07. The van der Waals surface area contributed by atoms with Gasteiger partial charge in [-0.2, -0.15) is 0 Å². The van der Waals surface area contributed by atoms with Crippen molar-refractivity contribution < 1.29 is 9.53 Å². The third-order valence-corrected chi connectivity index (χ3v) is 5.71. The molecule has 0 saturated heterocycles. The minimum Gasteiger partial charge on any atom is -0.381 e. The van der Waals surface area contributed by atoms with Gasteiger partial charge in [0, 0.05) is 39.2 Å². The zero-order chi connectivity index (χ0) is 15.5. The van der Waals surface area contributed by atoms with Gasteiger partial charge < -0.3 is 4.74 Å². The Kier molecular flexibility index (Phi) is 5.11. The molecule has 1 aromatic rings. The smallest absolute Gasteiger partial charge is 0.164 e. The molecule has 1 unspecified atom stereocenters. The summed E-state index contributed by atoms with van der Waals surface area (Å²) in [5, 5.41) is 0. The maximum atomic E-state index is 12.5. The average Bonchev–Trinajstić information content (AvgIpc) is 3.32. The molecular weight excluding hydrogens is 312 g/mol. The van der Waals surface area contributed by atoms with Gasteiger partial charge in [-0.25, -0.2) is 0 Å². The molecule has 0 N–H and O–H groups in total. The summed E-state index contributed by atoms with van der Waals surface area (Å²) in [6.07, 6.45) is 2.68. The summed E-state index contributed by atoms with van der Waals surface area (Å²) in [4.78, 5) is 15.6. The lowest BCUT2D eigenvalue weighted by Gasteiger charge is -2.28. The van der Waals surface area contributed by atoms with Crippen molar-refractivity contribution >= 4 is 34.6 Å². The number of hydrogen-bond donors (Lipinski definition) is 0. The van der Waals surface area contributed by atoms with Gasteiger partial charge in [0.1, 0.15) is 0 Å². The summed E-state index contributed by atoms with van der Waals surface area (Å²) in [5.74, 6) is 0.776. The maximum Gasteiger partial charge on any atom is 0.164 e. The molecule has 1 atom stereocenters. The quantitative estimate of drug-likeness (QED) is 0.720. The number of Topliss-reactive ketones (excluding diaryl/α,β-unsaturated/α-hetero) is 1. The van der Waals surface area contributed by atoms with Crippen LogP contribution in [-0.2, 0) is 9.53 Å². The highest BCUT2D eigenvalue weighted by Gasteiger charge is 2.40. The van der Waals surface area contributed by atoms with Crippen LogP contribution >= 0.6 is 24.0 Å². The first-order valence-electron chi connectivity index (χ1n) is 7.81. The highest BCUT2D eigenvalue weighted by atomic mass is 32.2. The van der Waals surface area contributed by atoms with Crippen molar-refractivity contribution in [3.05, 3.63) is 40.8 Å². The van der Waals surface area contributed by atoms with E-state index < -0.39 is 0 Å². The summed E-state index contributed by atoms with van der Waals surface area (Å²) in [6, 6.07) is 10.2. The Morgan fingerprint density at radius 1 is 1.27 bits per heavy atom. The fourth-order valence-corrected chi connectivity index (χ4v) is 4.48. The number of ether oxygens (including phenoxy) is 1. The molecule has 0 aliphatic heterocycles. The van der Waals surface area contributed by atoms with Gasteiger partial charge in [0.05, 0.1) is 6.61 Å². The molecule has 1 aromatic carbocycles. The zero-order valence-electron chi connectivity index (χ0n) is 12.7. The molecule has 3 rings (SSSR count). The van der Waals surface area contributed by atoms with Crippen LogP contribution in [0.5, 0.6) is 0 Å². The molecule has 2 aliphatic rings. The second-order valence-corrected chi connectivity index (χ2v) is 7.39. The Hall–Kier alpha value is -0.970. The normalized spacial score (nSPS) is 22.3. The molecular formula is C18H20O2S2. The molecule has 2 nitrogen and oxygen atoms in total. The van der Waals surface area contributed by atoms with Gasteiger partial charge in [-0.1, -0.05) is 42.2 Å². The first-order chi connectivity index (χ1) is 10.7. The van der Waals surface area contributed by atoms with E-state index in [0.717, 1.165) is 33.1 Å². The summed E-state index contributed by atoms with van der Waals surface area (Å²) in [6.45, 7) is 3.26. The van der Waals surface area contributed by atoms with E-state index in [-0.39, 0.29) is 11.7 Å². The lowest BCUT2D eigenvalue weighted by atomic mass is 9.87. The molecule has 0 heterocycles. The molecule has 1 saturated carbocycles. The predicted molar refractivity (Wildman–Crippen MR) is 94.3 cm³/mol. The van der Waals surface area contributed by atoms with E-state index in [1.54, 1.807) is 11.8 Å². The van der Waals surface area contributed by atoms with E-state index in [2.05, 4.69) is 12.1 Å². The summed E-state index contributed by atoms with van der Waals surface area (Å²) >= 11 is 7.22. The van der Waals surface area contributed by atoms with Crippen molar-refractivity contribution in [3.63, 3.8) is 0 Å². The van der Waals surface area contributed by atoms with Crippen molar-refractivity contribution in [1.82, 2.24) is 0 Å². The number of thioether (sulfide) groups is 1. The van der Waals surface area contributed by atoms with Gasteiger partial charge in [0.15, 0.2) is 5.78 Å². The van der Waals surface area contributed by atoms with Crippen LogP contribution in [0.2, 0.25) is 0 Å². The van der Waals surface area contributed by atoms with E-state index in [9.17, 15) is 4.79 Å². The number of rotatable bonds is 6. The van der Waals surface area contributed by atoms with E-state index >= 15 is 0 Å². The number of carbonyl (C=O) groups excluding carboxylic acids is 1. The molecule has 2 aliphatic carbocycles. The van der Waals surface area contributed by atoms with Gasteiger partial charge in [0.25, 0.3) is 0 Å². The Bertz CT molecular complexity index is 603. The molecule has 4 heteroatoms. The summed E-state index contributed by atoms with van der Waals surface area (Å²) in [7, 11) is 0. The topological polar surface area (TPSA) is 26.3 Å². The van der Waals surface area contributed by atoms with Crippen molar-refractivity contribution in [2.24, 2.45) is 11.8 Å². The van der Waals surface area contributed by atoms with Crippen molar-refractivity contribution in [3.8, 4) is 0 Å². The van der Waals surface area contributed by atoms with Crippen LogP contribution in [0.1, 0.15) is 26.2 Å². The lowest BCUT2D eigenvalue weighted by Crippen LogP contribution is -2.30. The monoisotopic (exact) mass is 332 g/mol. The van der Waals surface area contributed by atoms with Crippen LogP contribution in [-0.4, -0.2) is 23.9 Å². The van der Waals surface area contributed by atoms with E-state index in [0.29, 0.717) is 25.6 Å². The van der Waals surface area contributed by atoms with Crippen LogP contribution in [0, 0.1) is 11.8 Å². The molecule has 0 radical (unpaired) electrons. The van der Waals surface area contributed by atoms with E-state index in [1.807, 2.05) is 25.1 Å². The van der Waals surface area contributed by atoms with Gasteiger partial charge in [-0.15, -0.1) is 0 Å². The number of hydrogen-bond acceptors (Lipinski definition) is 4. The highest BCUT2D eigenvalue weighted by Crippen LogP contribution is 2.48. The van der Waals surface area contributed by atoms with Crippen LogP contribution in [0.4, 0.5) is 0 Å². The zero-order valence-corrected chi connectivity index (χ0v) is 14.3. The largest absolute Gasteiger partial charge is 0.381 e. The minimum atomic E-state index is 0.0912. The molecule has 116 valence electrons. The van der Waals surface area contributed by atoms with Crippen LogP contribution in [0.25, 0.3) is 0 Å². The lowest BCUT2D eigenvalue weighted by molar-refractivity contribution is -0.115. The minimum absolute atomic E-state index is 0.0912. The Labute approximate surface area is 141 Å². The SMILES string of the molecule is CCOCC1C(=S)CC(=O)C(C2CC2)=C1Sc1ccccc1. The van der Waals surface area contributed by atoms with E-state index in [4.69, 9.17) is 17.0 Å². The predicted octanol–water partition coefficient (Wildman–Crippen LogP) is 4.44. The van der Waals surface area contributed by atoms with Gasteiger partial charge in [-0.05, 0) is 37.8 Å². The summed E-state index contributed by atoms with van der Waals surface area (Å²) < 4.78 is 5.65. The maximum absolute atomic E-state index is 12.5. The van der Waals surface area contributed by atoms with E-state index in [1.165, 1.54) is 0 Å². The highest BCUT2D eigenvalue weighted by molar-refractivity contribution is 8.03. The van der Waals surface area contributed by atoms with Gasteiger partial charge in [0.2, 0.25) is 0 Å². The van der Waals surface area contributed by atoms with Gasteiger partial charge >= 0.3 is 0 Å². The van der Waals surface area contributed by atoms with Crippen molar-refractivity contribution in [1.29, 1.82) is 0 Å². The third-order valence-electron chi connectivity index (χ3n) is 4.05. The second-order valence-electron chi connectivity index (χ2n) is 5.75. The van der Waals surface area contributed by atoms with Crippen molar-refractivity contribution in [2.75, 3.05) is 13.2 Å². The van der Waals surface area contributed by atoms with Crippen LogP contribution < -0.4 is 0 Å². The molecule has 0 amide bonds. The van der Waals surface area contributed by atoms with Crippen LogP contribution in [0.15, 0.2) is 45.7 Å². The van der Waals surface area contributed by atoms with Crippen LogP contribution in [0.3, 0.4) is 0 Å². The summed E-state index contributed by atoms with van der Waals surface area (Å²) in [5.41, 5.74) is 1.03. The average molecular weight is 332 g/mol. The third kappa shape index (κ3) is 3.50. The Balaban J connectivity index is 1.96. The number of allylic oxidation sites excluding steroid dienone is 1. The fraction of sp³-hybridized carbons (Fsp3) is 0.444. The molecule has 1 fully saturated rings. The van der Waals surface area contributed by atoms with Crippen molar-refractivity contribution in [2.45, 2.75) is 31.1 Å². The first kappa shape index (κ1) is 15.9. The number of thiocarbonyl (C=S) groups is 1. The molecule has 22 heavy (non-hydrogen) atoms. The number of ketones is 1. The molecule has 0 spiro atoms. The number of carbonyl (C=O) groups is 1. The Morgan fingerprint density at radius 3 is 2.64 bits per heavy atom. The molecule has 0 aromatic heterocycles. The molecule has 0 bridgehead atoms. The first-order valence-corrected chi connectivity index (χ1v) is 9.03. The fourth-order valence-electron chi connectivity index (χ4n) is 2.79. The van der Waals surface area contributed by atoms with Gasteiger partial charge in [-0.3, -0.25) is 4.79 Å². The standard InChI is InChI=1S/C18H20O2S2/c1-2-20-11-14-16(21)10-15(19)17(12-8-9-12)18(14)22-13-6-4-3-5-7-13/h3-7,12,14H,2,8-11H2,1H3. The Morgan fingerprint density at radius 2 is 2.00 bits per heavy atom.